The summed E-state index contributed by atoms with van der Waals surface area (Å²) in [6.07, 6.45) is 8.03. The number of hydrogen-bond acceptors (Lipinski definition) is 7. The molecule has 7 heteroatoms. The molecule has 0 amide bonds. The quantitative estimate of drug-likeness (QED) is 0.523. The molecule has 2 aromatic heterocycles. The Morgan fingerprint density at radius 1 is 1.00 bits per heavy atom. The van der Waals surface area contributed by atoms with Gasteiger partial charge in [-0.15, -0.1) is 0 Å². The average molecular weight is 215 g/mol. The fourth-order valence-electron chi connectivity index (χ4n) is 0.724. The van der Waals surface area contributed by atoms with Crippen LogP contribution in [0.15, 0.2) is 36.9 Å². The third kappa shape index (κ3) is 4.48. The fourth-order valence-corrected chi connectivity index (χ4v) is 0.724. The number of nitrogens with zero attached hydrogens (tertiary/aromatic N) is 5. The van der Waals surface area contributed by atoms with Crippen LogP contribution in [-0.4, -0.2) is 19.9 Å². The van der Waals surface area contributed by atoms with E-state index in [1.54, 1.807) is 43.1 Å². The van der Waals surface area contributed by atoms with E-state index >= 15 is 0 Å². The summed E-state index contributed by atoms with van der Waals surface area (Å²) in [5.74, 6) is 0.655. The van der Waals surface area contributed by atoms with Gasteiger partial charge >= 0.3 is 0 Å². The highest BCUT2D eigenvalue weighted by atomic mass is 15.1. The molecule has 0 aliphatic heterocycles. The largest absolute Gasteiger partial charge is 0.368 e. The molecule has 0 saturated carbocycles. The van der Waals surface area contributed by atoms with E-state index in [1.165, 1.54) is 0 Å². The molecule has 2 heterocycles. The van der Waals surface area contributed by atoms with Crippen molar-refractivity contribution in [3.05, 3.63) is 36.9 Å². The minimum atomic E-state index is 0.322. The number of nitriles is 1. The molecular weight excluding hydrogens is 206 g/mol. The first kappa shape index (κ1) is 11.3. The summed E-state index contributed by atoms with van der Waals surface area (Å²) in [5, 5.41) is 10.4. The van der Waals surface area contributed by atoms with E-state index in [9.17, 15) is 0 Å². The van der Waals surface area contributed by atoms with Crippen LogP contribution in [0.5, 0.6) is 0 Å². The molecular formula is C9H9N7. The second kappa shape index (κ2) is 6.67. The molecule has 0 saturated heterocycles. The van der Waals surface area contributed by atoms with E-state index in [0.29, 0.717) is 11.9 Å². The van der Waals surface area contributed by atoms with Crippen LogP contribution in [0, 0.1) is 11.5 Å². The molecule has 2 rings (SSSR count). The average Bonchev–Trinajstić information content (AvgIpc) is 2.33. The zero-order valence-corrected chi connectivity index (χ0v) is 8.28. The third-order valence-corrected chi connectivity index (χ3v) is 1.32. The van der Waals surface area contributed by atoms with Crippen molar-refractivity contribution in [3.63, 3.8) is 0 Å². The van der Waals surface area contributed by atoms with Gasteiger partial charge in [-0.1, -0.05) is 0 Å². The van der Waals surface area contributed by atoms with E-state index in [-0.39, 0.29) is 0 Å². The van der Waals surface area contributed by atoms with Crippen LogP contribution in [0.2, 0.25) is 0 Å². The highest BCUT2D eigenvalue weighted by molar-refractivity contribution is 5.27. The number of nitrogens with one attached hydrogen (secondary N) is 1. The molecule has 0 fully saturated rings. The third-order valence-electron chi connectivity index (χ3n) is 1.32. The maximum atomic E-state index is 8.08. The van der Waals surface area contributed by atoms with E-state index in [1.807, 2.05) is 0 Å². The molecule has 3 N–H and O–H groups in total. The summed E-state index contributed by atoms with van der Waals surface area (Å²) < 4.78 is 0. The molecule has 7 nitrogen and oxygen atoms in total. The Bertz CT molecular complexity index is 436. The molecule has 2 aromatic rings. The summed E-state index contributed by atoms with van der Waals surface area (Å²) in [4.78, 5) is 14.7. The summed E-state index contributed by atoms with van der Waals surface area (Å²) in [5.41, 5.74) is 5.14. The van der Waals surface area contributed by atoms with E-state index in [4.69, 9.17) is 11.0 Å². The Hall–Kier alpha value is -2.75. The second-order valence-electron chi connectivity index (χ2n) is 2.42. The summed E-state index contributed by atoms with van der Waals surface area (Å²) in [6.45, 7) is 0. The van der Waals surface area contributed by atoms with Crippen molar-refractivity contribution in [2.24, 2.45) is 0 Å². The lowest BCUT2D eigenvalue weighted by Gasteiger charge is -1.88. The lowest BCUT2D eigenvalue weighted by Crippen LogP contribution is -1.92. The van der Waals surface area contributed by atoms with Crippen LogP contribution in [0.4, 0.5) is 11.9 Å². The van der Waals surface area contributed by atoms with Crippen LogP contribution >= 0.6 is 0 Å². The van der Waals surface area contributed by atoms with Gasteiger partial charge in [-0.05, 0) is 12.1 Å². The zero-order valence-electron chi connectivity index (χ0n) is 8.28. The van der Waals surface area contributed by atoms with Crippen molar-refractivity contribution in [1.29, 1.82) is 5.26 Å². The number of hydrogen-bond donors (Lipinski definition) is 2. The maximum absolute atomic E-state index is 8.08. The van der Waals surface area contributed by atoms with Gasteiger partial charge in [-0.2, -0.15) is 5.26 Å². The number of nitrogen functional groups attached to an aromatic ring is 1. The van der Waals surface area contributed by atoms with Gasteiger partial charge in [0.25, 0.3) is 0 Å². The first-order valence-corrected chi connectivity index (χ1v) is 4.27. The van der Waals surface area contributed by atoms with Gasteiger partial charge in [0, 0.05) is 24.8 Å². The van der Waals surface area contributed by atoms with Crippen LogP contribution in [0.3, 0.4) is 0 Å². The SMILES string of the molecule is N#CNc1ncccn1.Nc1ncccn1. The topological polar surface area (TPSA) is 113 Å². The summed E-state index contributed by atoms with van der Waals surface area (Å²) >= 11 is 0. The van der Waals surface area contributed by atoms with Crippen molar-refractivity contribution in [2.45, 2.75) is 0 Å². The highest BCUT2D eigenvalue weighted by Gasteiger charge is 1.85. The molecule has 0 aliphatic carbocycles. The van der Waals surface area contributed by atoms with E-state index in [0.717, 1.165) is 0 Å². The van der Waals surface area contributed by atoms with E-state index in [2.05, 4.69) is 25.3 Å². The maximum Gasteiger partial charge on any atom is 0.235 e. The molecule has 0 atom stereocenters. The minimum absolute atomic E-state index is 0.322. The first-order chi connectivity index (χ1) is 7.83. The lowest BCUT2D eigenvalue weighted by atomic mass is 10.7. The first-order valence-electron chi connectivity index (χ1n) is 4.27. The monoisotopic (exact) mass is 215 g/mol. The van der Waals surface area contributed by atoms with E-state index < -0.39 is 0 Å². The molecule has 0 spiro atoms. The molecule has 80 valence electrons. The van der Waals surface area contributed by atoms with Crippen molar-refractivity contribution in [3.8, 4) is 6.19 Å². The summed E-state index contributed by atoms with van der Waals surface area (Å²) in [7, 11) is 0. The van der Waals surface area contributed by atoms with Crippen molar-refractivity contribution in [2.75, 3.05) is 11.1 Å². The fraction of sp³-hybridized carbons (Fsp3) is 0. The molecule has 0 bridgehead atoms. The molecule has 0 aromatic carbocycles. The zero-order chi connectivity index (χ0) is 11.6. The van der Waals surface area contributed by atoms with Crippen LogP contribution in [-0.2, 0) is 0 Å². The van der Waals surface area contributed by atoms with Gasteiger partial charge in [0.2, 0.25) is 11.9 Å². The number of anilines is 2. The number of aromatic nitrogens is 4. The Kier molecular flexibility index (Phi) is 4.72. The normalized spacial score (nSPS) is 8.19. The van der Waals surface area contributed by atoms with Crippen LogP contribution < -0.4 is 11.1 Å². The Morgan fingerprint density at radius 2 is 1.50 bits per heavy atom. The smallest absolute Gasteiger partial charge is 0.235 e. The van der Waals surface area contributed by atoms with Gasteiger partial charge < -0.3 is 5.73 Å². The Labute approximate surface area is 92.0 Å². The Balaban J connectivity index is 0.000000165. The molecule has 0 unspecified atom stereocenters. The Morgan fingerprint density at radius 3 is 1.88 bits per heavy atom. The lowest BCUT2D eigenvalue weighted by molar-refractivity contribution is 1.17. The van der Waals surface area contributed by atoms with Gasteiger partial charge in [0.1, 0.15) is 0 Å². The number of rotatable bonds is 1. The highest BCUT2D eigenvalue weighted by Crippen LogP contribution is 1.89. The molecule has 0 radical (unpaired) electrons. The molecule has 0 aliphatic rings. The van der Waals surface area contributed by atoms with Gasteiger partial charge in [-0.25, -0.2) is 19.9 Å². The standard InChI is InChI=1S/C5H4N4.C4H5N3/c6-4-9-5-7-2-1-3-8-5;5-4-6-2-1-3-7-4/h1-3H,(H,7,8,9);1-3H,(H2,5,6,7). The van der Waals surface area contributed by atoms with Gasteiger partial charge in [0.05, 0.1) is 0 Å². The van der Waals surface area contributed by atoms with Crippen molar-refractivity contribution < 1.29 is 0 Å². The predicted molar refractivity (Wildman–Crippen MR) is 57.7 cm³/mol. The van der Waals surface area contributed by atoms with Crippen molar-refractivity contribution >= 4 is 11.9 Å². The molecule has 16 heavy (non-hydrogen) atoms. The number of nitrogens with two attached hydrogens (primary N) is 1. The minimum Gasteiger partial charge on any atom is -0.368 e. The van der Waals surface area contributed by atoms with Crippen LogP contribution in [0.25, 0.3) is 0 Å². The van der Waals surface area contributed by atoms with Gasteiger partial charge in [0.15, 0.2) is 6.19 Å². The predicted octanol–water partition coefficient (Wildman–Crippen LogP) is 0.428. The van der Waals surface area contributed by atoms with Crippen LogP contribution in [0.1, 0.15) is 0 Å². The van der Waals surface area contributed by atoms with Crippen molar-refractivity contribution in [1.82, 2.24) is 19.9 Å². The van der Waals surface area contributed by atoms with Gasteiger partial charge in [-0.3, -0.25) is 5.32 Å². The second-order valence-corrected chi connectivity index (χ2v) is 2.42. The summed E-state index contributed by atoms with van der Waals surface area (Å²) in [6, 6.07) is 3.40.